The highest BCUT2D eigenvalue weighted by molar-refractivity contribution is 7.10. The van der Waals surface area contributed by atoms with Crippen molar-refractivity contribution >= 4 is 17.2 Å². The second kappa shape index (κ2) is 13.0. The van der Waals surface area contributed by atoms with Crippen LogP contribution in [0.15, 0.2) is 42.3 Å². The Labute approximate surface area is 207 Å². The molecule has 2 atom stereocenters. The SMILES string of the molecule is C=CCOC[C@H](O)CN(CCC)CC(=O)N1CCc2sccc2[C@H]1COc1ccc(C)cc1C. The van der Waals surface area contributed by atoms with E-state index in [0.29, 0.717) is 26.3 Å². The third-order valence-corrected chi connectivity index (χ3v) is 7.05. The van der Waals surface area contributed by atoms with Crippen LogP contribution in [0.4, 0.5) is 0 Å². The van der Waals surface area contributed by atoms with Crippen LogP contribution >= 0.6 is 11.3 Å². The number of hydrogen-bond donors (Lipinski definition) is 1. The molecule has 1 N–H and O–H groups in total. The van der Waals surface area contributed by atoms with E-state index in [2.05, 4.69) is 50.9 Å². The molecule has 1 aliphatic heterocycles. The van der Waals surface area contributed by atoms with Crippen molar-refractivity contribution in [1.82, 2.24) is 9.80 Å². The lowest BCUT2D eigenvalue weighted by molar-refractivity contribution is -0.136. The number of ether oxygens (including phenoxy) is 2. The maximum absolute atomic E-state index is 13.5. The summed E-state index contributed by atoms with van der Waals surface area (Å²) in [6.45, 7) is 13.0. The third kappa shape index (κ3) is 7.15. The molecule has 1 aliphatic rings. The van der Waals surface area contributed by atoms with Gasteiger partial charge in [0.05, 0.1) is 31.9 Å². The number of aryl methyl sites for hydroxylation is 2. The zero-order chi connectivity index (χ0) is 24.5. The molecule has 2 heterocycles. The summed E-state index contributed by atoms with van der Waals surface area (Å²) in [5.41, 5.74) is 3.49. The first-order chi connectivity index (χ1) is 16.4. The van der Waals surface area contributed by atoms with Gasteiger partial charge in [-0.15, -0.1) is 17.9 Å². The van der Waals surface area contributed by atoms with Crippen LogP contribution in [0.5, 0.6) is 5.75 Å². The fraction of sp³-hybridized carbons (Fsp3) is 0.519. The second-order valence-corrected chi connectivity index (χ2v) is 9.95. The summed E-state index contributed by atoms with van der Waals surface area (Å²) in [5.74, 6) is 0.925. The van der Waals surface area contributed by atoms with Crippen molar-refractivity contribution in [2.24, 2.45) is 0 Å². The van der Waals surface area contributed by atoms with Gasteiger partial charge < -0.3 is 19.5 Å². The highest BCUT2D eigenvalue weighted by Crippen LogP contribution is 2.34. The Hall–Kier alpha value is -2.19. The van der Waals surface area contributed by atoms with Gasteiger partial charge in [0.2, 0.25) is 5.91 Å². The van der Waals surface area contributed by atoms with Gasteiger partial charge in [0, 0.05) is 18.0 Å². The van der Waals surface area contributed by atoms with Crippen molar-refractivity contribution < 1.29 is 19.4 Å². The van der Waals surface area contributed by atoms with Crippen LogP contribution in [-0.2, 0) is 16.0 Å². The quantitative estimate of drug-likeness (QED) is 0.341. The molecule has 0 fully saturated rings. The Bertz CT molecular complexity index is 944. The van der Waals surface area contributed by atoms with Crippen molar-refractivity contribution in [1.29, 1.82) is 0 Å². The molecular formula is C27H38N2O4S. The molecule has 34 heavy (non-hydrogen) atoms. The maximum Gasteiger partial charge on any atom is 0.237 e. The van der Waals surface area contributed by atoms with Crippen molar-refractivity contribution in [3.05, 3.63) is 63.9 Å². The standard InChI is InChI=1S/C27H38N2O4S/c1-5-11-28(16-22(30)18-32-13-6-2)17-27(31)29-12-9-26-23(10-14-34-26)24(29)19-33-25-8-7-20(3)15-21(25)4/h6-8,10,14-15,22,24,30H,2,5,9,11-13,16-19H2,1,3-4H3/t22-,24-/m1/s1. The lowest BCUT2D eigenvalue weighted by Gasteiger charge is -2.37. The van der Waals surface area contributed by atoms with E-state index in [1.54, 1.807) is 17.4 Å². The predicted molar refractivity (Wildman–Crippen MR) is 138 cm³/mol. The van der Waals surface area contributed by atoms with Gasteiger partial charge in [-0.1, -0.05) is 30.7 Å². The van der Waals surface area contributed by atoms with Gasteiger partial charge in [0.1, 0.15) is 12.4 Å². The number of aliphatic hydroxyl groups is 1. The van der Waals surface area contributed by atoms with Gasteiger partial charge in [-0.05, 0) is 61.9 Å². The number of thiophene rings is 1. The molecule has 1 amide bonds. The van der Waals surface area contributed by atoms with Crippen LogP contribution in [0.2, 0.25) is 0 Å². The molecule has 0 saturated carbocycles. The Morgan fingerprint density at radius 1 is 1.38 bits per heavy atom. The molecule has 0 bridgehead atoms. The molecule has 1 aromatic carbocycles. The molecule has 3 rings (SSSR count). The number of nitrogens with zero attached hydrogens (tertiary/aromatic N) is 2. The molecule has 0 aliphatic carbocycles. The minimum atomic E-state index is -0.646. The average molecular weight is 487 g/mol. The zero-order valence-electron chi connectivity index (χ0n) is 20.7. The van der Waals surface area contributed by atoms with Gasteiger partial charge in [-0.25, -0.2) is 0 Å². The number of amides is 1. The summed E-state index contributed by atoms with van der Waals surface area (Å²) in [7, 11) is 0. The van der Waals surface area contributed by atoms with Gasteiger partial charge in [0.25, 0.3) is 0 Å². The Balaban J connectivity index is 1.69. The number of fused-ring (bicyclic) bond motifs is 1. The van der Waals surface area contributed by atoms with Gasteiger partial charge >= 0.3 is 0 Å². The molecule has 186 valence electrons. The molecule has 0 unspecified atom stereocenters. The number of hydrogen-bond acceptors (Lipinski definition) is 6. The molecule has 6 nitrogen and oxygen atoms in total. The fourth-order valence-corrected chi connectivity index (χ4v) is 5.40. The third-order valence-electron chi connectivity index (χ3n) is 6.06. The van der Waals surface area contributed by atoms with Crippen molar-refractivity contribution in [2.45, 2.75) is 45.8 Å². The van der Waals surface area contributed by atoms with Gasteiger partial charge in [-0.2, -0.15) is 0 Å². The number of aliphatic hydroxyl groups excluding tert-OH is 1. The minimum Gasteiger partial charge on any atom is -0.491 e. The van der Waals surface area contributed by atoms with Gasteiger partial charge in [-0.3, -0.25) is 9.69 Å². The summed E-state index contributed by atoms with van der Waals surface area (Å²) in [6.07, 6.45) is 2.79. The van der Waals surface area contributed by atoms with Crippen LogP contribution in [0.1, 0.15) is 41.0 Å². The van der Waals surface area contributed by atoms with E-state index in [1.807, 2.05) is 15.9 Å². The van der Waals surface area contributed by atoms with Crippen LogP contribution in [0, 0.1) is 13.8 Å². The number of carbonyl (C=O) groups is 1. The van der Waals surface area contributed by atoms with Crippen molar-refractivity contribution in [3.8, 4) is 5.75 Å². The first-order valence-corrected chi connectivity index (χ1v) is 13.0. The summed E-state index contributed by atoms with van der Waals surface area (Å²) >= 11 is 1.75. The Morgan fingerprint density at radius 3 is 2.94 bits per heavy atom. The van der Waals surface area contributed by atoms with Crippen LogP contribution in [0.25, 0.3) is 0 Å². The van der Waals surface area contributed by atoms with E-state index in [9.17, 15) is 9.90 Å². The molecule has 1 aromatic heterocycles. The number of carbonyl (C=O) groups excluding carboxylic acids is 1. The zero-order valence-corrected chi connectivity index (χ0v) is 21.5. The summed E-state index contributed by atoms with van der Waals surface area (Å²) in [5, 5.41) is 12.5. The first-order valence-electron chi connectivity index (χ1n) is 12.1. The number of rotatable bonds is 13. The molecular weight excluding hydrogens is 448 g/mol. The average Bonchev–Trinajstić information content (AvgIpc) is 3.28. The van der Waals surface area contributed by atoms with E-state index in [0.717, 1.165) is 30.7 Å². The summed E-state index contributed by atoms with van der Waals surface area (Å²) < 4.78 is 11.6. The Morgan fingerprint density at radius 2 is 2.21 bits per heavy atom. The van der Waals surface area contributed by atoms with E-state index in [-0.39, 0.29) is 25.1 Å². The lowest BCUT2D eigenvalue weighted by Crippen LogP contribution is -2.48. The molecule has 0 saturated heterocycles. The molecule has 0 spiro atoms. The smallest absolute Gasteiger partial charge is 0.237 e. The monoisotopic (exact) mass is 486 g/mol. The molecule has 2 aromatic rings. The van der Waals surface area contributed by atoms with Crippen LogP contribution in [-0.4, -0.2) is 72.9 Å². The van der Waals surface area contributed by atoms with Crippen LogP contribution in [0.3, 0.4) is 0 Å². The predicted octanol–water partition coefficient (Wildman–Crippen LogP) is 4.15. The highest BCUT2D eigenvalue weighted by atomic mass is 32.1. The van der Waals surface area contributed by atoms with E-state index < -0.39 is 6.10 Å². The largest absolute Gasteiger partial charge is 0.491 e. The highest BCUT2D eigenvalue weighted by Gasteiger charge is 2.33. The fourth-order valence-electron chi connectivity index (χ4n) is 4.48. The molecule has 0 radical (unpaired) electrons. The molecule has 7 heteroatoms. The van der Waals surface area contributed by atoms with Crippen molar-refractivity contribution in [2.75, 3.05) is 46.0 Å². The first kappa shape index (κ1) is 26.4. The van der Waals surface area contributed by atoms with E-state index >= 15 is 0 Å². The van der Waals surface area contributed by atoms with Crippen molar-refractivity contribution in [3.63, 3.8) is 0 Å². The van der Waals surface area contributed by atoms with Gasteiger partial charge in [0.15, 0.2) is 0 Å². The summed E-state index contributed by atoms with van der Waals surface area (Å²) in [4.78, 5) is 18.8. The minimum absolute atomic E-state index is 0.0683. The van der Waals surface area contributed by atoms with E-state index in [1.165, 1.54) is 16.0 Å². The lowest BCUT2D eigenvalue weighted by atomic mass is 10.00. The summed E-state index contributed by atoms with van der Waals surface area (Å²) in [6, 6.07) is 8.18. The Kier molecular flexibility index (Phi) is 10.1. The topological polar surface area (TPSA) is 62.2 Å². The number of benzene rings is 1. The normalized spacial score (nSPS) is 16.4. The van der Waals surface area contributed by atoms with E-state index in [4.69, 9.17) is 9.47 Å². The van der Waals surface area contributed by atoms with Crippen LogP contribution < -0.4 is 4.74 Å². The second-order valence-electron chi connectivity index (χ2n) is 8.95. The maximum atomic E-state index is 13.5.